The van der Waals surface area contributed by atoms with E-state index in [2.05, 4.69) is 10.6 Å². The Morgan fingerprint density at radius 1 is 0.297 bits per heavy atom. The topological polar surface area (TPSA) is 499 Å². The molecule has 0 aliphatic rings. The van der Waals surface area contributed by atoms with Gasteiger partial charge < -0.3 is 78.5 Å². The molecule has 0 bridgehead atoms. The molecule has 16 N–H and O–H groups in total. The fraction of sp³-hybridized carbons (Fsp3) is 0.600. The van der Waals surface area contributed by atoms with Crippen LogP contribution in [0.2, 0.25) is 0 Å². The zero-order valence-corrected chi connectivity index (χ0v) is 33.8. The number of nitrogens with one attached hydrogen (secondary N) is 6. The molecule has 0 aliphatic heterocycles. The Hall–Kier alpha value is -7.46. The number of hydrogen-bond acceptors (Lipinski definition) is 15. The van der Waals surface area contributed by atoms with Gasteiger partial charge in [-0.05, 0) is 44.9 Å². The molecule has 358 valence electrons. The lowest BCUT2D eigenvalue weighted by atomic mass is 10.1. The number of rotatable bonds is 34. The molecule has 7 atom stereocenters. The number of carboxylic acid groups (broad SMARTS) is 8. The Labute approximate surface area is 360 Å². The van der Waals surface area contributed by atoms with Gasteiger partial charge in [0.1, 0.15) is 42.3 Å². The molecule has 0 aromatic carbocycles. The van der Waals surface area contributed by atoms with Crippen LogP contribution in [-0.2, 0) is 67.1 Å². The van der Waals surface area contributed by atoms with Crippen LogP contribution in [0.25, 0.3) is 0 Å². The lowest BCUT2D eigenvalue weighted by molar-refractivity contribution is -0.144. The maximum atomic E-state index is 13.0. The van der Waals surface area contributed by atoms with E-state index in [1.54, 1.807) is 0 Å². The summed E-state index contributed by atoms with van der Waals surface area (Å²) in [6.45, 7) is 0. The molecule has 0 spiro atoms. The van der Waals surface area contributed by atoms with Gasteiger partial charge in [-0.2, -0.15) is 0 Å². The molecule has 29 nitrogen and oxygen atoms in total. The molecule has 0 heterocycles. The van der Waals surface area contributed by atoms with Crippen LogP contribution >= 0.6 is 0 Å². The number of aliphatic carboxylic acids is 8. The highest BCUT2D eigenvalue weighted by atomic mass is 16.4. The predicted octanol–water partition coefficient (Wildman–Crippen LogP) is -4.64. The SMILES string of the molecule is N[C@@H](CCC(=O)N[C@@H](CCC(=O)N[C@@H](CCC(=O)O)C(=O)N[C@@H](CCC(=O)N[C@@H](CCC(=O)N[C@@H](CCC(=O)N[C@@H](CCC(=O)O)C(=O)O)C(=O)O)C(=O)O)C(=O)O)C(=O)O)C(=O)O. The summed E-state index contributed by atoms with van der Waals surface area (Å²) in [6, 6.07) is -11.8. The van der Waals surface area contributed by atoms with Crippen molar-refractivity contribution >= 4 is 83.2 Å². The predicted molar refractivity (Wildman–Crippen MR) is 205 cm³/mol. The van der Waals surface area contributed by atoms with Crippen LogP contribution in [0.1, 0.15) is 89.9 Å². The normalized spacial score (nSPS) is 14.0. The monoisotopic (exact) mass is 921 g/mol. The molecular formula is C35H51N7O22. The van der Waals surface area contributed by atoms with E-state index in [4.69, 9.17) is 26.2 Å². The Morgan fingerprint density at radius 2 is 0.516 bits per heavy atom. The summed E-state index contributed by atoms with van der Waals surface area (Å²) in [5.41, 5.74) is 5.30. The Balaban J connectivity index is 5.40. The van der Waals surface area contributed by atoms with Gasteiger partial charge >= 0.3 is 47.8 Å². The molecule has 0 saturated carbocycles. The van der Waals surface area contributed by atoms with Crippen molar-refractivity contribution in [2.45, 2.75) is 132 Å². The third-order valence-electron chi connectivity index (χ3n) is 8.73. The first-order chi connectivity index (χ1) is 29.7. The van der Waals surface area contributed by atoms with Crippen molar-refractivity contribution < 1.29 is 108 Å². The van der Waals surface area contributed by atoms with Gasteiger partial charge in [0.15, 0.2) is 0 Å². The third kappa shape index (κ3) is 24.7. The molecule has 0 unspecified atom stereocenters. The molecule has 29 heteroatoms. The molecule has 0 saturated heterocycles. The van der Waals surface area contributed by atoms with Gasteiger partial charge in [-0.1, -0.05) is 0 Å². The van der Waals surface area contributed by atoms with Crippen molar-refractivity contribution in [2.24, 2.45) is 5.73 Å². The maximum absolute atomic E-state index is 13.0. The van der Waals surface area contributed by atoms with Gasteiger partial charge in [0.05, 0.1) is 0 Å². The van der Waals surface area contributed by atoms with E-state index >= 15 is 0 Å². The second-order valence-electron chi connectivity index (χ2n) is 13.9. The largest absolute Gasteiger partial charge is 0.481 e. The average Bonchev–Trinajstić information content (AvgIpc) is 3.19. The van der Waals surface area contributed by atoms with E-state index in [0.717, 1.165) is 0 Å². The van der Waals surface area contributed by atoms with E-state index in [9.17, 15) is 87.5 Å². The fourth-order valence-electron chi connectivity index (χ4n) is 5.21. The standard InChI is InChI=1S/C35H51N7O22/c36-15(30(53)54)1-8-22(43)38-17(31(55)56)2-9-23(44)37-16(6-13-27(48)49)29(52)42-21(35(63)64)5-12-26(47)40-19(33(59)60)3-10-24(45)39-18(32(57)58)4-11-25(46)41-20(34(61)62)7-14-28(50)51/h15-21H,1-14,36H2,(H,37,44)(H,38,43)(H,39,45)(H,40,47)(H,41,46)(H,42,52)(H,48,49)(H,50,51)(H,53,54)(H,55,56)(H,57,58)(H,59,60)(H,61,62)(H,63,64)/t15-,16-,17-,18-,19-,20-,21-/m0/s1. The van der Waals surface area contributed by atoms with Crippen LogP contribution in [0.15, 0.2) is 0 Å². The number of carbonyl (C=O) groups is 14. The first-order valence-corrected chi connectivity index (χ1v) is 19.1. The minimum Gasteiger partial charge on any atom is -0.481 e. The summed E-state index contributed by atoms with van der Waals surface area (Å²) < 4.78 is 0. The van der Waals surface area contributed by atoms with Gasteiger partial charge in [0.2, 0.25) is 35.4 Å². The molecule has 6 amide bonds. The zero-order valence-electron chi connectivity index (χ0n) is 33.8. The smallest absolute Gasteiger partial charge is 0.326 e. The number of carboxylic acids is 8. The van der Waals surface area contributed by atoms with E-state index in [1.165, 1.54) is 0 Å². The van der Waals surface area contributed by atoms with Crippen LogP contribution in [0, 0.1) is 0 Å². The van der Waals surface area contributed by atoms with Crippen LogP contribution in [0.3, 0.4) is 0 Å². The van der Waals surface area contributed by atoms with Crippen molar-refractivity contribution in [3.63, 3.8) is 0 Å². The van der Waals surface area contributed by atoms with Gasteiger partial charge in [-0.3, -0.25) is 43.2 Å². The van der Waals surface area contributed by atoms with Gasteiger partial charge in [-0.15, -0.1) is 0 Å². The summed E-state index contributed by atoms with van der Waals surface area (Å²) in [5, 5.41) is 86.2. The van der Waals surface area contributed by atoms with Gasteiger partial charge in [0.25, 0.3) is 0 Å². The maximum Gasteiger partial charge on any atom is 0.326 e. The lowest BCUT2D eigenvalue weighted by Gasteiger charge is -2.22. The van der Waals surface area contributed by atoms with Crippen molar-refractivity contribution in [3.05, 3.63) is 0 Å². The van der Waals surface area contributed by atoms with Crippen molar-refractivity contribution in [3.8, 4) is 0 Å². The number of carbonyl (C=O) groups excluding carboxylic acids is 6. The van der Waals surface area contributed by atoms with Crippen LogP contribution in [0.4, 0.5) is 0 Å². The number of hydrogen-bond donors (Lipinski definition) is 15. The second-order valence-corrected chi connectivity index (χ2v) is 13.9. The Kier molecular flexibility index (Phi) is 25.6. The summed E-state index contributed by atoms with van der Waals surface area (Å²) in [4.78, 5) is 166. The number of nitrogens with two attached hydrogens (primary N) is 1. The molecule has 0 aromatic heterocycles. The molecule has 0 aromatic rings. The molecule has 0 rings (SSSR count). The summed E-state index contributed by atoms with van der Waals surface area (Å²) in [7, 11) is 0. The van der Waals surface area contributed by atoms with Crippen molar-refractivity contribution in [1.82, 2.24) is 31.9 Å². The highest BCUT2D eigenvalue weighted by Gasteiger charge is 2.30. The van der Waals surface area contributed by atoms with Crippen molar-refractivity contribution in [1.29, 1.82) is 0 Å². The summed E-state index contributed by atoms with van der Waals surface area (Å²) >= 11 is 0. The second kappa shape index (κ2) is 29.0. The van der Waals surface area contributed by atoms with E-state index in [-0.39, 0.29) is 6.42 Å². The van der Waals surface area contributed by atoms with Gasteiger partial charge in [0, 0.05) is 44.9 Å². The molecule has 0 radical (unpaired) electrons. The Bertz CT molecular complexity index is 1770. The van der Waals surface area contributed by atoms with Crippen LogP contribution in [0.5, 0.6) is 0 Å². The minimum absolute atomic E-state index is 0.339. The zero-order chi connectivity index (χ0) is 49.3. The highest BCUT2D eigenvalue weighted by Crippen LogP contribution is 2.09. The molecule has 0 aliphatic carbocycles. The Morgan fingerprint density at radius 3 is 0.766 bits per heavy atom. The fourth-order valence-corrected chi connectivity index (χ4v) is 5.21. The quantitative estimate of drug-likeness (QED) is 0.0289. The molecular weight excluding hydrogens is 870 g/mol. The molecule has 64 heavy (non-hydrogen) atoms. The van der Waals surface area contributed by atoms with E-state index in [1.807, 2.05) is 21.3 Å². The summed E-state index contributed by atoms with van der Waals surface area (Å²) in [5.74, 6) is -18.7. The minimum atomic E-state index is -1.90. The van der Waals surface area contributed by atoms with Crippen molar-refractivity contribution in [2.75, 3.05) is 0 Å². The lowest BCUT2D eigenvalue weighted by Crippen LogP contribution is -2.52. The van der Waals surface area contributed by atoms with Crippen LogP contribution < -0.4 is 37.6 Å². The van der Waals surface area contributed by atoms with Gasteiger partial charge in [-0.25, -0.2) is 24.0 Å². The summed E-state index contributed by atoms with van der Waals surface area (Å²) in [6.07, 6.45) is -8.52. The van der Waals surface area contributed by atoms with Crippen LogP contribution in [-0.4, -0.2) is 166 Å². The number of amides is 6. The molecule has 0 fully saturated rings. The van der Waals surface area contributed by atoms with E-state index in [0.29, 0.717) is 0 Å². The first kappa shape index (κ1) is 56.5. The third-order valence-corrected chi connectivity index (χ3v) is 8.73. The van der Waals surface area contributed by atoms with E-state index < -0.39 is 209 Å². The first-order valence-electron chi connectivity index (χ1n) is 19.1. The average molecular weight is 922 g/mol. The highest BCUT2D eigenvalue weighted by molar-refractivity contribution is 5.92.